The Balaban J connectivity index is 1.47. The summed E-state index contributed by atoms with van der Waals surface area (Å²) in [5.41, 5.74) is 1.25. The Labute approximate surface area is 133 Å². The minimum Gasteiger partial charge on any atom is -0.491 e. The summed E-state index contributed by atoms with van der Waals surface area (Å²) in [6.45, 7) is 3.51. The highest BCUT2D eigenvalue weighted by molar-refractivity contribution is 9.10. The largest absolute Gasteiger partial charge is 0.491 e. The van der Waals surface area contributed by atoms with Gasteiger partial charge < -0.3 is 20.3 Å². The van der Waals surface area contributed by atoms with E-state index >= 15 is 0 Å². The number of ether oxygens (including phenoxy) is 1. The number of amides is 2. The molecule has 3 rings (SSSR count). The van der Waals surface area contributed by atoms with Crippen molar-refractivity contribution in [1.29, 1.82) is 0 Å². The first-order valence-corrected chi connectivity index (χ1v) is 8.19. The maximum absolute atomic E-state index is 11.4. The molecule has 5 nitrogen and oxygen atoms in total. The summed E-state index contributed by atoms with van der Waals surface area (Å²) in [5, 5.41) is 6.27. The number of nitrogens with one attached hydrogen (secondary N) is 2. The molecule has 1 aromatic carbocycles. The maximum atomic E-state index is 11.4. The predicted octanol–water partition coefficient (Wildman–Crippen LogP) is 2.11. The molecule has 2 fully saturated rings. The molecule has 114 valence electrons. The lowest BCUT2D eigenvalue weighted by Crippen LogP contribution is -2.31. The van der Waals surface area contributed by atoms with Gasteiger partial charge in [-0.25, -0.2) is 4.79 Å². The maximum Gasteiger partial charge on any atom is 0.317 e. The molecule has 0 atom stereocenters. The average Bonchev–Trinajstić information content (AvgIpc) is 3.22. The molecule has 0 unspecified atom stereocenters. The van der Waals surface area contributed by atoms with Gasteiger partial charge in [0.25, 0.3) is 0 Å². The number of hydrogen-bond donors (Lipinski definition) is 2. The van der Waals surface area contributed by atoms with Crippen LogP contribution in [0.2, 0.25) is 0 Å². The van der Waals surface area contributed by atoms with Crippen LogP contribution in [0.1, 0.15) is 18.4 Å². The summed E-state index contributed by atoms with van der Waals surface area (Å²) in [6.07, 6.45) is 2.60. The van der Waals surface area contributed by atoms with Crippen LogP contribution >= 0.6 is 15.9 Å². The predicted molar refractivity (Wildman–Crippen MR) is 84.5 cm³/mol. The van der Waals surface area contributed by atoms with E-state index < -0.39 is 0 Å². The van der Waals surface area contributed by atoms with Gasteiger partial charge in [0.05, 0.1) is 11.0 Å². The van der Waals surface area contributed by atoms with Gasteiger partial charge in [-0.2, -0.15) is 0 Å². The third-order valence-electron chi connectivity index (χ3n) is 3.73. The Morgan fingerprint density at radius 2 is 2.29 bits per heavy atom. The van der Waals surface area contributed by atoms with Crippen LogP contribution < -0.4 is 15.4 Å². The number of rotatable bonds is 7. The van der Waals surface area contributed by atoms with Crippen LogP contribution in [0.3, 0.4) is 0 Å². The standard InChI is InChI=1S/C15H20BrN3O2/c16-13-9-11(10-18-12-2-3-12)1-4-14(13)21-8-7-19-6-5-17-15(19)20/h1,4,9,12,18H,2-3,5-8,10H2,(H,17,20). The summed E-state index contributed by atoms with van der Waals surface area (Å²) in [6, 6.07) is 6.87. The van der Waals surface area contributed by atoms with Crippen LogP contribution in [0.5, 0.6) is 5.75 Å². The smallest absolute Gasteiger partial charge is 0.317 e. The van der Waals surface area contributed by atoms with Gasteiger partial charge in [-0.3, -0.25) is 0 Å². The normalized spacial score (nSPS) is 18.0. The van der Waals surface area contributed by atoms with E-state index in [1.54, 1.807) is 4.90 Å². The summed E-state index contributed by atoms with van der Waals surface area (Å²) >= 11 is 3.55. The second kappa shape index (κ2) is 6.66. The third-order valence-corrected chi connectivity index (χ3v) is 4.35. The van der Waals surface area contributed by atoms with Gasteiger partial charge in [0.2, 0.25) is 0 Å². The highest BCUT2D eigenvalue weighted by atomic mass is 79.9. The second-order valence-corrected chi connectivity index (χ2v) is 6.34. The van der Waals surface area contributed by atoms with Gasteiger partial charge in [-0.05, 0) is 46.5 Å². The Kier molecular flexibility index (Phi) is 4.65. The second-order valence-electron chi connectivity index (χ2n) is 5.49. The minimum atomic E-state index is -0.000774. The zero-order valence-electron chi connectivity index (χ0n) is 11.9. The molecule has 0 aromatic heterocycles. The van der Waals surface area contributed by atoms with Crippen molar-refractivity contribution in [3.63, 3.8) is 0 Å². The van der Waals surface area contributed by atoms with E-state index in [-0.39, 0.29) is 6.03 Å². The first-order valence-electron chi connectivity index (χ1n) is 7.40. The van der Waals surface area contributed by atoms with Crippen LogP contribution in [0.4, 0.5) is 4.79 Å². The summed E-state index contributed by atoms with van der Waals surface area (Å²) < 4.78 is 6.71. The molecule has 21 heavy (non-hydrogen) atoms. The summed E-state index contributed by atoms with van der Waals surface area (Å²) in [5.74, 6) is 0.824. The number of carbonyl (C=O) groups is 1. The fraction of sp³-hybridized carbons (Fsp3) is 0.533. The lowest BCUT2D eigenvalue weighted by Gasteiger charge is -2.15. The first-order chi connectivity index (χ1) is 10.2. The van der Waals surface area contributed by atoms with Crippen molar-refractivity contribution in [3.05, 3.63) is 28.2 Å². The highest BCUT2D eigenvalue weighted by Gasteiger charge is 2.20. The molecule has 1 saturated heterocycles. The van der Waals surface area contributed by atoms with E-state index in [1.165, 1.54) is 18.4 Å². The highest BCUT2D eigenvalue weighted by Crippen LogP contribution is 2.27. The lowest BCUT2D eigenvalue weighted by molar-refractivity contribution is 0.202. The van der Waals surface area contributed by atoms with Crippen molar-refractivity contribution in [1.82, 2.24) is 15.5 Å². The number of urea groups is 1. The Bertz CT molecular complexity index is 520. The molecule has 0 radical (unpaired) electrons. The zero-order valence-corrected chi connectivity index (χ0v) is 13.5. The van der Waals surface area contributed by atoms with E-state index in [4.69, 9.17) is 4.74 Å². The van der Waals surface area contributed by atoms with Crippen molar-refractivity contribution in [2.75, 3.05) is 26.2 Å². The van der Waals surface area contributed by atoms with Crippen LogP contribution in [-0.2, 0) is 6.54 Å². The van der Waals surface area contributed by atoms with Crippen molar-refractivity contribution in [3.8, 4) is 5.75 Å². The van der Waals surface area contributed by atoms with E-state index in [0.29, 0.717) is 19.2 Å². The molecule has 2 N–H and O–H groups in total. The van der Waals surface area contributed by atoms with Crippen LogP contribution in [0, 0.1) is 0 Å². The van der Waals surface area contributed by atoms with E-state index in [1.807, 2.05) is 6.07 Å². The van der Waals surface area contributed by atoms with Gasteiger partial charge in [0.1, 0.15) is 12.4 Å². The van der Waals surface area contributed by atoms with Gasteiger partial charge in [0, 0.05) is 25.7 Å². The van der Waals surface area contributed by atoms with Crippen molar-refractivity contribution in [2.45, 2.75) is 25.4 Å². The molecule has 1 heterocycles. The molecule has 1 aliphatic carbocycles. The number of hydrogen-bond acceptors (Lipinski definition) is 3. The fourth-order valence-corrected chi connectivity index (χ4v) is 2.85. The van der Waals surface area contributed by atoms with E-state index in [2.05, 4.69) is 38.7 Å². The van der Waals surface area contributed by atoms with Gasteiger partial charge in [-0.1, -0.05) is 6.07 Å². The monoisotopic (exact) mass is 353 g/mol. The van der Waals surface area contributed by atoms with E-state index in [0.717, 1.165) is 29.9 Å². The molecular weight excluding hydrogens is 334 g/mol. The number of benzene rings is 1. The lowest BCUT2D eigenvalue weighted by atomic mass is 10.2. The SMILES string of the molecule is O=C1NCCN1CCOc1ccc(CNC2CC2)cc1Br. The van der Waals surface area contributed by atoms with E-state index in [9.17, 15) is 4.79 Å². The molecule has 0 spiro atoms. The van der Waals surface area contributed by atoms with Gasteiger partial charge >= 0.3 is 6.03 Å². The Morgan fingerprint density at radius 3 is 2.95 bits per heavy atom. The molecule has 0 bridgehead atoms. The van der Waals surface area contributed by atoms with Crippen molar-refractivity contribution >= 4 is 22.0 Å². The Morgan fingerprint density at radius 1 is 1.43 bits per heavy atom. The van der Waals surface area contributed by atoms with Gasteiger partial charge in [-0.15, -0.1) is 0 Å². The quantitative estimate of drug-likeness (QED) is 0.789. The first kappa shape index (κ1) is 14.7. The molecule has 1 saturated carbocycles. The molecular formula is C15H20BrN3O2. The molecule has 1 aromatic rings. The summed E-state index contributed by atoms with van der Waals surface area (Å²) in [4.78, 5) is 13.2. The summed E-state index contributed by atoms with van der Waals surface area (Å²) in [7, 11) is 0. The van der Waals surface area contributed by atoms with Crippen LogP contribution in [0.15, 0.2) is 22.7 Å². The van der Waals surface area contributed by atoms with Crippen molar-refractivity contribution in [2.24, 2.45) is 0 Å². The number of carbonyl (C=O) groups excluding carboxylic acids is 1. The average molecular weight is 354 g/mol. The molecule has 1 aliphatic heterocycles. The zero-order chi connectivity index (χ0) is 14.7. The Hall–Kier alpha value is -1.27. The minimum absolute atomic E-state index is 0.000774. The number of nitrogens with zero attached hydrogens (tertiary/aromatic N) is 1. The van der Waals surface area contributed by atoms with Crippen LogP contribution in [-0.4, -0.2) is 43.2 Å². The van der Waals surface area contributed by atoms with Crippen molar-refractivity contribution < 1.29 is 9.53 Å². The van der Waals surface area contributed by atoms with Gasteiger partial charge in [0.15, 0.2) is 0 Å². The third kappa shape index (κ3) is 4.11. The molecule has 2 amide bonds. The fourth-order valence-electron chi connectivity index (χ4n) is 2.31. The molecule has 6 heteroatoms. The topological polar surface area (TPSA) is 53.6 Å². The van der Waals surface area contributed by atoms with Crippen LogP contribution in [0.25, 0.3) is 0 Å². The molecule has 2 aliphatic rings. The number of halogens is 1.